The van der Waals surface area contributed by atoms with Gasteiger partial charge in [-0.05, 0) is 49.4 Å². The molecule has 0 amide bonds. The summed E-state index contributed by atoms with van der Waals surface area (Å²) in [7, 11) is -9.91. The van der Waals surface area contributed by atoms with Gasteiger partial charge in [0, 0.05) is 25.7 Å². The average molecular weight is 1380 g/mol. The summed E-state index contributed by atoms with van der Waals surface area (Å²) in [6.45, 7) is 14.2. The lowest BCUT2D eigenvalue weighted by molar-refractivity contribution is -0.161. The molecule has 7 atom stereocenters. The largest absolute Gasteiger partial charge is 0.472 e. The average Bonchev–Trinajstić information content (AvgIpc) is 1.71. The number of unbranched alkanes of at least 4 members (excludes halogenated alkanes) is 36. The maximum Gasteiger partial charge on any atom is 0.472 e. The highest BCUT2D eigenvalue weighted by Gasteiger charge is 2.30. The van der Waals surface area contributed by atoms with Crippen molar-refractivity contribution in [2.45, 2.75) is 395 Å². The first-order valence-electron chi connectivity index (χ1n) is 38.8. The van der Waals surface area contributed by atoms with Crippen LogP contribution in [0.3, 0.4) is 0 Å². The zero-order chi connectivity index (χ0) is 69.6. The van der Waals surface area contributed by atoms with Crippen molar-refractivity contribution < 1.29 is 80.2 Å². The molecule has 0 aliphatic rings. The van der Waals surface area contributed by atoms with Crippen LogP contribution in [-0.2, 0) is 65.4 Å². The molecule has 0 saturated heterocycles. The Labute approximate surface area is 575 Å². The topological polar surface area (TPSA) is 237 Å². The maximum atomic E-state index is 13.1. The molecule has 4 unspecified atom stereocenters. The molecule has 0 aliphatic carbocycles. The molecule has 0 rings (SSSR count). The fourth-order valence-electron chi connectivity index (χ4n) is 11.3. The standard InChI is InChI=1S/C75H146O17P2/c1-9-67(7)53-45-37-29-23-18-20-26-32-42-50-58-75(80)92-71(62-86-73(78)56-48-40-34-33-38-46-54-68(8)10-2)64-90-94(83,84)88-60-69(76)59-87-93(81,82)89-63-70(61-85-72(77)55-47-39-30-24-19-17-22-28-36-44-52-66(5)6)91-74(79)57-49-41-31-25-16-14-12-11-13-15-21-27-35-43-51-65(3)4/h65-71,76H,9-64H2,1-8H3,(H,81,82)(H,83,84)/t67?,68?,69-,70-,71-/m1/s1. The lowest BCUT2D eigenvalue weighted by atomic mass is 9.99. The zero-order valence-corrected chi connectivity index (χ0v) is 63.4. The van der Waals surface area contributed by atoms with Gasteiger partial charge in [-0.1, -0.05) is 325 Å². The third kappa shape index (κ3) is 66.0. The molecule has 0 spiro atoms. The highest BCUT2D eigenvalue weighted by atomic mass is 31.2. The summed E-state index contributed by atoms with van der Waals surface area (Å²) >= 11 is 0. The van der Waals surface area contributed by atoms with Crippen LogP contribution < -0.4 is 0 Å². The van der Waals surface area contributed by atoms with E-state index < -0.39 is 97.5 Å². The van der Waals surface area contributed by atoms with Crippen LogP contribution in [0.15, 0.2) is 0 Å². The predicted octanol–water partition coefficient (Wildman–Crippen LogP) is 21.7. The Bertz CT molecular complexity index is 1850. The van der Waals surface area contributed by atoms with Crippen LogP contribution in [0.1, 0.15) is 376 Å². The van der Waals surface area contributed by atoms with E-state index in [1.165, 1.54) is 173 Å². The predicted molar refractivity (Wildman–Crippen MR) is 381 cm³/mol. The molecule has 0 radical (unpaired) electrons. The van der Waals surface area contributed by atoms with Crippen molar-refractivity contribution in [3.8, 4) is 0 Å². The third-order valence-corrected chi connectivity index (χ3v) is 19.9. The van der Waals surface area contributed by atoms with Gasteiger partial charge in [-0.3, -0.25) is 37.3 Å². The van der Waals surface area contributed by atoms with Crippen LogP contribution in [0.2, 0.25) is 0 Å². The number of hydrogen-bond acceptors (Lipinski definition) is 15. The van der Waals surface area contributed by atoms with Crippen LogP contribution in [0.5, 0.6) is 0 Å². The van der Waals surface area contributed by atoms with Crippen molar-refractivity contribution in [3.63, 3.8) is 0 Å². The van der Waals surface area contributed by atoms with E-state index in [9.17, 15) is 43.2 Å². The number of phosphoric ester groups is 2. The number of hydrogen-bond donors (Lipinski definition) is 3. The van der Waals surface area contributed by atoms with E-state index in [2.05, 4.69) is 55.4 Å². The number of rotatable bonds is 72. The van der Waals surface area contributed by atoms with E-state index in [0.29, 0.717) is 25.7 Å². The lowest BCUT2D eigenvalue weighted by Crippen LogP contribution is -2.30. The van der Waals surface area contributed by atoms with Gasteiger partial charge in [0.05, 0.1) is 26.4 Å². The summed E-state index contributed by atoms with van der Waals surface area (Å²) in [4.78, 5) is 72.8. The van der Waals surface area contributed by atoms with Crippen molar-refractivity contribution in [1.29, 1.82) is 0 Å². The third-order valence-electron chi connectivity index (χ3n) is 18.0. The van der Waals surface area contributed by atoms with Gasteiger partial charge < -0.3 is 33.8 Å². The Kier molecular flexibility index (Phi) is 63.1. The summed E-state index contributed by atoms with van der Waals surface area (Å²) in [5.41, 5.74) is 0. The summed E-state index contributed by atoms with van der Waals surface area (Å²) in [5, 5.41) is 10.6. The van der Waals surface area contributed by atoms with Crippen LogP contribution in [0.4, 0.5) is 0 Å². The Morgan fingerprint density at radius 3 is 0.755 bits per heavy atom. The van der Waals surface area contributed by atoms with Gasteiger partial charge in [-0.2, -0.15) is 0 Å². The Morgan fingerprint density at radius 1 is 0.298 bits per heavy atom. The maximum absolute atomic E-state index is 13.1. The molecule has 0 saturated carbocycles. The van der Waals surface area contributed by atoms with Crippen molar-refractivity contribution in [3.05, 3.63) is 0 Å². The smallest absolute Gasteiger partial charge is 0.462 e. The summed E-state index contributed by atoms with van der Waals surface area (Å²) in [6, 6.07) is 0. The van der Waals surface area contributed by atoms with Gasteiger partial charge >= 0.3 is 39.5 Å². The van der Waals surface area contributed by atoms with Gasteiger partial charge in [0.15, 0.2) is 12.2 Å². The van der Waals surface area contributed by atoms with Crippen LogP contribution >= 0.6 is 15.6 Å². The number of carbonyl (C=O) groups excluding carboxylic acids is 4. The summed E-state index contributed by atoms with van der Waals surface area (Å²) < 4.78 is 68.5. The zero-order valence-electron chi connectivity index (χ0n) is 61.6. The molecule has 0 aromatic heterocycles. The number of ether oxygens (including phenoxy) is 4. The van der Waals surface area contributed by atoms with Gasteiger partial charge in [0.2, 0.25) is 0 Å². The first kappa shape index (κ1) is 92.1. The van der Waals surface area contributed by atoms with Gasteiger partial charge in [-0.15, -0.1) is 0 Å². The molecule has 94 heavy (non-hydrogen) atoms. The molecule has 0 aromatic rings. The Hall–Kier alpha value is -1.94. The molecule has 558 valence electrons. The monoisotopic (exact) mass is 1380 g/mol. The van der Waals surface area contributed by atoms with E-state index >= 15 is 0 Å². The number of aliphatic hydroxyl groups is 1. The minimum atomic E-state index is -4.96. The quantitative estimate of drug-likeness (QED) is 0.0222. The molecule has 0 aromatic carbocycles. The van der Waals surface area contributed by atoms with E-state index in [0.717, 1.165) is 120 Å². The molecular weight excluding hydrogens is 1230 g/mol. The second kappa shape index (κ2) is 64.4. The lowest BCUT2D eigenvalue weighted by Gasteiger charge is -2.21. The Balaban J connectivity index is 5.26. The normalized spacial score (nSPS) is 14.7. The SMILES string of the molecule is CCC(C)CCCCCCCCCCCCC(=O)O[C@H](COC(=O)CCCCCCCCC(C)CC)COP(=O)(O)OC[C@H](O)COP(=O)(O)OC[C@@H](COC(=O)CCCCCCCCCCCCC(C)C)OC(=O)CCCCCCCCCCCCCCCCC(C)C. The summed E-state index contributed by atoms with van der Waals surface area (Å²) in [5.74, 6) is 0.965. The first-order chi connectivity index (χ1) is 45.2. The second-order valence-corrected chi connectivity index (χ2v) is 31.4. The molecule has 19 heteroatoms. The van der Waals surface area contributed by atoms with E-state index in [-0.39, 0.29) is 25.7 Å². The number of esters is 4. The Morgan fingerprint density at radius 2 is 0.511 bits per heavy atom. The first-order valence-corrected chi connectivity index (χ1v) is 41.8. The molecular formula is C75H146O17P2. The fourth-order valence-corrected chi connectivity index (χ4v) is 12.9. The van der Waals surface area contributed by atoms with Gasteiger partial charge in [0.1, 0.15) is 19.3 Å². The van der Waals surface area contributed by atoms with Gasteiger partial charge in [-0.25, -0.2) is 9.13 Å². The number of phosphoric acid groups is 2. The number of aliphatic hydroxyl groups excluding tert-OH is 1. The second-order valence-electron chi connectivity index (χ2n) is 28.5. The van der Waals surface area contributed by atoms with Gasteiger partial charge in [0.25, 0.3) is 0 Å². The van der Waals surface area contributed by atoms with E-state index in [1.54, 1.807) is 0 Å². The van der Waals surface area contributed by atoms with Crippen molar-refractivity contribution in [2.24, 2.45) is 23.7 Å². The molecule has 0 heterocycles. The minimum Gasteiger partial charge on any atom is -0.462 e. The molecule has 17 nitrogen and oxygen atoms in total. The van der Waals surface area contributed by atoms with Crippen molar-refractivity contribution >= 4 is 39.5 Å². The molecule has 0 aliphatic heterocycles. The molecule has 0 bridgehead atoms. The van der Waals surface area contributed by atoms with E-state index in [1.807, 2.05) is 0 Å². The fraction of sp³-hybridized carbons (Fsp3) is 0.947. The molecule has 3 N–H and O–H groups in total. The highest BCUT2D eigenvalue weighted by molar-refractivity contribution is 7.47. The van der Waals surface area contributed by atoms with E-state index in [4.69, 9.17) is 37.0 Å². The van der Waals surface area contributed by atoms with Crippen molar-refractivity contribution in [1.82, 2.24) is 0 Å². The number of carbonyl (C=O) groups is 4. The minimum absolute atomic E-state index is 0.105. The summed E-state index contributed by atoms with van der Waals surface area (Å²) in [6.07, 6.45) is 48.5. The van der Waals surface area contributed by atoms with Crippen LogP contribution in [0, 0.1) is 23.7 Å². The molecule has 0 fully saturated rings. The van der Waals surface area contributed by atoms with Crippen molar-refractivity contribution in [2.75, 3.05) is 39.6 Å². The van der Waals surface area contributed by atoms with Crippen LogP contribution in [0.25, 0.3) is 0 Å². The van der Waals surface area contributed by atoms with Crippen LogP contribution in [-0.4, -0.2) is 96.7 Å². The highest BCUT2D eigenvalue weighted by Crippen LogP contribution is 2.45.